The van der Waals surface area contributed by atoms with Crippen molar-refractivity contribution in [2.45, 2.75) is 6.92 Å². The molecule has 1 aromatic heterocycles. The lowest BCUT2D eigenvalue weighted by Crippen LogP contribution is -2.05. The molecule has 0 bridgehead atoms. The molecule has 7 heteroatoms. The van der Waals surface area contributed by atoms with E-state index in [0.29, 0.717) is 5.69 Å². The molecule has 1 N–H and O–H groups in total. The molecule has 0 spiro atoms. The number of ether oxygens (including phenoxy) is 1. The van der Waals surface area contributed by atoms with Crippen LogP contribution in [0, 0.1) is 22.7 Å². The van der Waals surface area contributed by atoms with Crippen LogP contribution in [0.2, 0.25) is 0 Å². The van der Waals surface area contributed by atoms with Crippen LogP contribution in [0.25, 0.3) is 0 Å². The molecule has 0 unspecified atom stereocenters. The van der Waals surface area contributed by atoms with Crippen LogP contribution < -0.4 is 5.32 Å². The quantitative estimate of drug-likeness (QED) is 0.856. The Kier molecular flexibility index (Phi) is 4.17. The fraction of sp³-hybridized carbons (Fsp3) is 0.143. The van der Waals surface area contributed by atoms with E-state index in [2.05, 4.69) is 10.3 Å². The number of nitrogens with one attached hydrogen (secondary N) is 1. The third-order valence-electron chi connectivity index (χ3n) is 2.50. The van der Waals surface area contributed by atoms with Crippen LogP contribution in [-0.4, -0.2) is 17.6 Å². The number of esters is 1. The van der Waals surface area contributed by atoms with Gasteiger partial charge in [0.1, 0.15) is 18.4 Å². The first kappa shape index (κ1) is 14.1. The Bertz CT molecular complexity index is 752. The van der Waals surface area contributed by atoms with Gasteiger partial charge in [-0.05, 0) is 25.1 Å². The molecule has 1 heterocycles. The molecule has 0 aliphatic heterocycles. The maximum absolute atomic E-state index is 11.4. The van der Waals surface area contributed by atoms with Gasteiger partial charge in [-0.3, -0.25) is 0 Å². The highest BCUT2D eigenvalue weighted by molar-refractivity contribution is 5.87. The van der Waals surface area contributed by atoms with E-state index in [9.17, 15) is 4.79 Å². The molecule has 0 aliphatic rings. The van der Waals surface area contributed by atoms with Crippen LogP contribution in [0.1, 0.15) is 28.5 Å². The fourth-order valence-corrected chi connectivity index (χ4v) is 1.57. The summed E-state index contributed by atoms with van der Waals surface area (Å²) in [5, 5.41) is 20.6. The van der Waals surface area contributed by atoms with E-state index in [1.807, 2.05) is 12.1 Å². The summed E-state index contributed by atoms with van der Waals surface area (Å²) in [6, 6.07) is 8.54. The van der Waals surface area contributed by atoms with Crippen molar-refractivity contribution >= 4 is 17.7 Å². The maximum atomic E-state index is 11.4. The Morgan fingerprint density at radius 1 is 1.38 bits per heavy atom. The highest BCUT2D eigenvalue weighted by Gasteiger charge is 2.13. The number of nitriles is 2. The normalized spacial score (nSPS) is 9.48. The number of carbonyl (C=O) groups excluding carboxylic acids is 1. The van der Waals surface area contributed by atoms with Gasteiger partial charge >= 0.3 is 5.97 Å². The van der Waals surface area contributed by atoms with Gasteiger partial charge in [0.05, 0.1) is 17.7 Å². The van der Waals surface area contributed by atoms with E-state index in [4.69, 9.17) is 19.7 Å². The number of hydrogen-bond donors (Lipinski definition) is 1. The van der Waals surface area contributed by atoms with E-state index < -0.39 is 5.97 Å². The van der Waals surface area contributed by atoms with Gasteiger partial charge < -0.3 is 14.5 Å². The SMILES string of the molecule is CCOC(=O)c1coc(Nc2ccc(C#N)c(C#N)c2)n1. The highest BCUT2D eigenvalue weighted by atomic mass is 16.5. The number of nitrogens with zero attached hydrogens (tertiary/aromatic N) is 3. The van der Waals surface area contributed by atoms with Gasteiger partial charge in [-0.2, -0.15) is 15.5 Å². The van der Waals surface area contributed by atoms with Gasteiger partial charge in [0.15, 0.2) is 5.69 Å². The Hall–Kier alpha value is -3.32. The van der Waals surface area contributed by atoms with Crippen molar-refractivity contribution in [2.75, 3.05) is 11.9 Å². The van der Waals surface area contributed by atoms with Crippen LogP contribution in [0.3, 0.4) is 0 Å². The van der Waals surface area contributed by atoms with Crippen molar-refractivity contribution in [3.05, 3.63) is 41.3 Å². The predicted octanol–water partition coefficient (Wildman–Crippen LogP) is 2.34. The third kappa shape index (κ3) is 3.17. The van der Waals surface area contributed by atoms with Crippen molar-refractivity contribution in [3.63, 3.8) is 0 Å². The fourth-order valence-electron chi connectivity index (χ4n) is 1.57. The summed E-state index contributed by atoms with van der Waals surface area (Å²) in [6.07, 6.45) is 1.18. The summed E-state index contributed by atoms with van der Waals surface area (Å²) >= 11 is 0. The average molecular weight is 282 g/mol. The molecule has 2 rings (SSSR count). The smallest absolute Gasteiger partial charge is 0.360 e. The molecule has 0 aliphatic carbocycles. The summed E-state index contributed by atoms with van der Waals surface area (Å²) in [7, 11) is 0. The molecular weight excluding hydrogens is 272 g/mol. The van der Waals surface area contributed by atoms with Crippen LogP contribution >= 0.6 is 0 Å². The van der Waals surface area contributed by atoms with Crippen molar-refractivity contribution in [3.8, 4) is 12.1 Å². The summed E-state index contributed by atoms with van der Waals surface area (Å²) < 4.78 is 9.89. The lowest BCUT2D eigenvalue weighted by molar-refractivity contribution is 0.0519. The summed E-state index contributed by atoms with van der Waals surface area (Å²) in [5.74, 6) is -0.577. The molecule has 0 atom stereocenters. The molecule has 104 valence electrons. The molecule has 7 nitrogen and oxygen atoms in total. The molecule has 0 radical (unpaired) electrons. The Morgan fingerprint density at radius 3 is 2.81 bits per heavy atom. The highest BCUT2D eigenvalue weighted by Crippen LogP contribution is 2.19. The van der Waals surface area contributed by atoms with Crippen LogP contribution in [0.4, 0.5) is 11.7 Å². The number of aromatic nitrogens is 1. The van der Waals surface area contributed by atoms with Crippen LogP contribution in [0.15, 0.2) is 28.9 Å². The summed E-state index contributed by atoms with van der Waals surface area (Å²) in [5.41, 5.74) is 1.08. The largest absolute Gasteiger partial charge is 0.461 e. The van der Waals surface area contributed by atoms with Crippen molar-refractivity contribution in [2.24, 2.45) is 0 Å². The second-order valence-electron chi connectivity index (χ2n) is 3.87. The second kappa shape index (κ2) is 6.22. The van der Waals surface area contributed by atoms with Crippen molar-refractivity contribution in [1.29, 1.82) is 10.5 Å². The van der Waals surface area contributed by atoms with E-state index >= 15 is 0 Å². The minimum Gasteiger partial charge on any atom is -0.461 e. The number of hydrogen-bond acceptors (Lipinski definition) is 7. The van der Waals surface area contributed by atoms with Gasteiger partial charge in [0.25, 0.3) is 6.01 Å². The second-order valence-corrected chi connectivity index (χ2v) is 3.87. The molecule has 0 saturated carbocycles. The zero-order chi connectivity index (χ0) is 15.2. The van der Waals surface area contributed by atoms with E-state index in [-0.39, 0.29) is 29.4 Å². The minimum atomic E-state index is -0.577. The lowest BCUT2D eigenvalue weighted by atomic mass is 10.1. The van der Waals surface area contributed by atoms with Gasteiger partial charge in [0.2, 0.25) is 0 Å². The zero-order valence-corrected chi connectivity index (χ0v) is 11.1. The number of carbonyl (C=O) groups is 1. The van der Waals surface area contributed by atoms with Crippen molar-refractivity contribution in [1.82, 2.24) is 4.98 Å². The topological polar surface area (TPSA) is 112 Å². The molecular formula is C14H10N4O3. The molecule has 0 amide bonds. The first-order valence-corrected chi connectivity index (χ1v) is 6.01. The number of oxazole rings is 1. The zero-order valence-electron chi connectivity index (χ0n) is 11.1. The lowest BCUT2D eigenvalue weighted by Gasteiger charge is -2.02. The van der Waals surface area contributed by atoms with Gasteiger partial charge in [-0.1, -0.05) is 0 Å². The molecule has 0 fully saturated rings. The Balaban J connectivity index is 2.18. The molecule has 21 heavy (non-hydrogen) atoms. The molecule has 1 aromatic carbocycles. The number of rotatable bonds is 4. The standard InChI is InChI=1S/C14H10N4O3/c1-2-20-13(19)12-8-21-14(18-12)17-11-4-3-9(6-15)10(5-11)7-16/h3-5,8H,2H2,1H3,(H,17,18). The van der Waals surface area contributed by atoms with Crippen LogP contribution in [0.5, 0.6) is 0 Å². The van der Waals surface area contributed by atoms with E-state index in [0.717, 1.165) is 0 Å². The van der Waals surface area contributed by atoms with Crippen molar-refractivity contribution < 1.29 is 13.9 Å². The van der Waals surface area contributed by atoms with E-state index in [1.54, 1.807) is 13.0 Å². The summed E-state index contributed by atoms with van der Waals surface area (Å²) in [6.45, 7) is 1.94. The third-order valence-corrected chi connectivity index (χ3v) is 2.50. The summed E-state index contributed by atoms with van der Waals surface area (Å²) in [4.78, 5) is 15.4. The van der Waals surface area contributed by atoms with E-state index in [1.165, 1.54) is 18.4 Å². The van der Waals surface area contributed by atoms with Gasteiger partial charge in [0, 0.05) is 5.69 Å². The first-order chi connectivity index (χ1) is 10.2. The monoisotopic (exact) mass is 282 g/mol. The maximum Gasteiger partial charge on any atom is 0.360 e. The average Bonchev–Trinajstić information content (AvgIpc) is 2.96. The van der Waals surface area contributed by atoms with Crippen LogP contribution in [-0.2, 0) is 4.74 Å². The van der Waals surface area contributed by atoms with Gasteiger partial charge in [-0.25, -0.2) is 4.79 Å². The number of benzene rings is 1. The predicted molar refractivity (Wildman–Crippen MR) is 71.6 cm³/mol. The number of anilines is 2. The molecule has 2 aromatic rings. The molecule has 0 saturated heterocycles. The first-order valence-electron chi connectivity index (χ1n) is 6.01. The van der Waals surface area contributed by atoms with Gasteiger partial charge in [-0.15, -0.1) is 0 Å². The minimum absolute atomic E-state index is 0.0495. The Labute approximate surface area is 120 Å². The Morgan fingerprint density at radius 2 is 2.14 bits per heavy atom.